The first-order valence-electron chi connectivity index (χ1n) is 7.26. The summed E-state index contributed by atoms with van der Waals surface area (Å²) in [5, 5.41) is 0.304. The molecule has 0 radical (unpaired) electrons. The van der Waals surface area contributed by atoms with Gasteiger partial charge in [0, 0.05) is 5.56 Å². The minimum Gasteiger partial charge on any atom is -0.463 e. The van der Waals surface area contributed by atoms with Crippen LogP contribution in [0.4, 0.5) is 0 Å². The van der Waals surface area contributed by atoms with Crippen LogP contribution in [0, 0.1) is 0 Å². The molecule has 0 aliphatic heterocycles. The molecule has 9 heteroatoms. The van der Waals surface area contributed by atoms with E-state index in [4.69, 9.17) is 29.8 Å². The molecule has 0 amide bonds. The Morgan fingerprint density at radius 1 is 1.17 bits per heavy atom. The van der Waals surface area contributed by atoms with Crippen molar-refractivity contribution in [1.29, 1.82) is 0 Å². The maximum Gasteiger partial charge on any atom is 0.342 e. The van der Waals surface area contributed by atoms with E-state index < -0.39 is 13.6 Å². The summed E-state index contributed by atoms with van der Waals surface area (Å²) in [7, 11) is -3.36. The molecule has 1 aromatic heterocycles. The fourth-order valence-electron chi connectivity index (χ4n) is 2.07. The molecule has 0 aromatic carbocycles. The summed E-state index contributed by atoms with van der Waals surface area (Å²) >= 11 is 9.25. The summed E-state index contributed by atoms with van der Waals surface area (Å²) in [6.45, 7) is 5.88. The van der Waals surface area contributed by atoms with Crippen molar-refractivity contribution < 1.29 is 27.6 Å². The lowest BCUT2D eigenvalue weighted by atomic mass is 10.1. The molecule has 1 rings (SSSR count). The second kappa shape index (κ2) is 9.84. The van der Waals surface area contributed by atoms with Crippen molar-refractivity contribution in [2.75, 3.05) is 19.8 Å². The van der Waals surface area contributed by atoms with Crippen LogP contribution in [0.25, 0.3) is 0 Å². The molecule has 132 valence electrons. The summed E-state index contributed by atoms with van der Waals surface area (Å²) < 4.78 is 33.9. The van der Waals surface area contributed by atoms with Gasteiger partial charge in [0.15, 0.2) is 0 Å². The van der Waals surface area contributed by atoms with Gasteiger partial charge in [0.05, 0.1) is 31.0 Å². The van der Waals surface area contributed by atoms with E-state index in [2.05, 4.69) is 15.9 Å². The lowest BCUT2D eigenvalue weighted by Crippen LogP contribution is -2.08. The Morgan fingerprint density at radius 3 is 2.22 bits per heavy atom. The van der Waals surface area contributed by atoms with Gasteiger partial charge in [0.2, 0.25) is 0 Å². The summed E-state index contributed by atoms with van der Waals surface area (Å²) in [5.41, 5.74) is 0.729. The topological polar surface area (TPSA) is 75.0 Å². The minimum atomic E-state index is -3.36. The average molecular weight is 432 g/mol. The van der Waals surface area contributed by atoms with Crippen LogP contribution in [-0.2, 0) is 35.7 Å². The van der Waals surface area contributed by atoms with Gasteiger partial charge in [-0.2, -0.15) is 0 Å². The van der Waals surface area contributed by atoms with E-state index in [0.717, 1.165) is 0 Å². The number of carbonyl (C=O) groups is 1. The van der Waals surface area contributed by atoms with Crippen molar-refractivity contribution in [1.82, 2.24) is 0 Å². The second-order valence-electron chi connectivity index (χ2n) is 4.39. The number of alkyl halides is 2. The molecule has 0 aliphatic carbocycles. The average Bonchev–Trinajstić information content (AvgIpc) is 2.84. The van der Waals surface area contributed by atoms with Crippen LogP contribution >= 0.6 is 35.1 Å². The zero-order valence-corrected chi connectivity index (χ0v) is 16.6. The normalized spacial score (nSPS) is 11.7. The second-order valence-corrected chi connectivity index (χ2v) is 7.28. The Kier molecular flexibility index (Phi) is 8.86. The third kappa shape index (κ3) is 5.33. The van der Waals surface area contributed by atoms with Crippen molar-refractivity contribution in [2.45, 2.75) is 38.1 Å². The highest BCUT2D eigenvalue weighted by molar-refractivity contribution is 9.08. The Morgan fingerprint density at radius 2 is 1.78 bits per heavy atom. The molecule has 0 unspecified atom stereocenters. The van der Waals surface area contributed by atoms with Crippen molar-refractivity contribution >= 4 is 41.1 Å². The smallest absolute Gasteiger partial charge is 0.342 e. The molecule has 0 spiro atoms. The zero-order valence-electron chi connectivity index (χ0n) is 13.4. The Balaban J connectivity index is 3.26. The molecular formula is C14H21BrClO6P. The highest BCUT2D eigenvalue weighted by Crippen LogP contribution is 2.52. The predicted molar refractivity (Wildman–Crippen MR) is 91.4 cm³/mol. The number of hydrogen-bond acceptors (Lipinski definition) is 6. The number of hydrogen-bond donors (Lipinski definition) is 0. The lowest BCUT2D eigenvalue weighted by Gasteiger charge is -2.16. The van der Waals surface area contributed by atoms with Crippen LogP contribution in [0.3, 0.4) is 0 Å². The highest BCUT2D eigenvalue weighted by Gasteiger charge is 2.32. The predicted octanol–water partition coefficient (Wildman–Crippen LogP) is 4.86. The number of carbonyl (C=O) groups excluding carboxylic acids is 1. The summed E-state index contributed by atoms with van der Waals surface area (Å²) in [4.78, 5) is 12.1. The van der Waals surface area contributed by atoms with Gasteiger partial charge in [-0.25, -0.2) is 4.79 Å². The van der Waals surface area contributed by atoms with E-state index in [0.29, 0.717) is 22.4 Å². The Labute approximate surface area is 149 Å². The van der Waals surface area contributed by atoms with Gasteiger partial charge in [-0.05, 0) is 20.8 Å². The Bertz CT molecular complexity index is 564. The maximum absolute atomic E-state index is 12.7. The van der Waals surface area contributed by atoms with Crippen molar-refractivity contribution in [3.05, 3.63) is 22.6 Å². The van der Waals surface area contributed by atoms with Crippen molar-refractivity contribution in [3.63, 3.8) is 0 Å². The molecule has 0 fully saturated rings. The summed E-state index contributed by atoms with van der Waals surface area (Å²) in [6.07, 6.45) is -0.0872. The standard InChI is InChI=1S/C14H21BrClO6P/c1-4-19-14(17)13-10(8-16)12(22-11(13)7-15)9-23(18,20-5-2)21-6-3/h4-9H2,1-3H3. The van der Waals surface area contributed by atoms with E-state index in [9.17, 15) is 9.36 Å². The zero-order chi connectivity index (χ0) is 17.5. The minimum absolute atomic E-state index is 0.0260. The molecule has 23 heavy (non-hydrogen) atoms. The van der Waals surface area contributed by atoms with E-state index in [1.807, 2.05) is 0 Å². The number of halogens is 2. The first-order chi connectivity index (χ1) is 11.0. The van der Waals surface area contributed by atoms with Crippen LogP contribution in [0.5, 0.6) is 0 Å². The fourth-order valence-corrected chi connectivity index (χ4v) is 4.40. The van der Waals surface area contributed by atoms with Crippen LogP contribution in [0.15, 0.2) is 4.42 Å². The quantitative estimate of drug-likeness (QED) is 0.299. The Hall–Kier alpha value is -0.330. The van der Waals surface area contributed by atoms with Gasteiger partial charge in [-0.1, -0.05) is 15.9 Å². The van der Waals surface area contributed by atoms with Crippen LogP contribution in [0.1, 0.15) is 48.2 Å². The first kappa shape index (κ1) is 20.7. The van der Waals surface area contributed by atoms with Crippen LogP contribution in [0.2, 0.25) is 0 Å². The summed E-state index contributed by atoms with van der Waals surface area (Å²) in [5.74, 6) is 0.213. The summed E-state index contributed by atoms with van der Waals surface area (Å²) in [6, 6.07) is 0. The van der Waals surface area contributed by atoms with E-state index in [-0.39, 0.29) is 37.4 Å². The van der Waals surface area contributed by atoms with Gasteiger partial charge in [0.1, 0.15) is 23.2 Å². The number of esters is 1. The molecular weight excluding hydrogens is 410 g/mol. The molecule has 0 saturated heterocycles. The van der Waals surface area contributed by atoms with Gasteiger partial charge in [-0.15, -0.1) is 11.6 Å². The van der Waals surface area contributed by atoms with Gasteiger partial charge < -0.3 is 18.2 Å². The molecule has 0 atom stereocenters. The number of furan rings is 1. The molecule has 0 bridgehead atoms. The molecule has 0 saturated carbocycles. The molecule has 1 aromatic rings. The monoisotopic (exact) mass is 430 g/mol. The van der Waals surface area contributed by atoms with E-state index in [1.165, 1.54) is 0 Å². The van der Waals surface area contributed by atoms with Crippen LogP contribution < -0.4 is 0 Å². The molecule has 0 N–H and O–H groups in total. The van der Waals surface area contributed by atoms with Crippen molar-refractivity contribution in [2.24, 2.45) is 0 Å². The number of ether oxygens (including phenoxy) is 1. The van der Waals surface area contributed by atoms with E-state index >= 15 is 0 Å². The van der Waals surface area contributed by atoms with Gasteiger partial charge in [-0.3, -0.25) is 4.57 Å². The highest BCUT2D eigenvalue weighted by atomic mass is 79.9. The first-order valence-corrected chi connectivity index (χ1v) is 10.6. The third-order valence-electron chi connectivity index (χ3n) is 2.89. The van der Waals surface area contributed by atoms with Crippen molar-refractivity contribution in [3.8, 4) is 0 Å². The van der Waals surface area contributed by atoms with Crippen LogP contribution in [-0.4, -0.2) is 25.8 Å². The molecule has 6 nitrogen and oxygen atoms in total. The SMILES string of the molecule is CCOC(=O)c1c(CBr)oc(CP(=O)(OCC)OCC)c1CCl. The third-order valence-corrected chi connectivity index (χ3v) is 5.64. The molecule has 1 heterocycles. The molecule has 0 aliphatic rings. The van der Waals surface area contributed by atoms with Gasteiger partial charge in [0.25, 0.3) is 0 Å². The van der Waals surface area contributed by atoms with E-state index in [1.54, 1.807) is 20.8 Å². The lowest BCUT2D eigenvalue weighted by molar-refractivity contribution is 0.0523. The number of rotatable bonds is 10. The van der Waals surface area contributed by atoms with Gasteiger partial charge >= 0.3 is 13.6 Å². The fraction of sp³-hybridized carbons (Fsp3) is 0.643. The maximum atomic E-state index is 12.7. The largest absolute Gasteiger partial charge is 0.463 e.